The Balaban J connectivity index is 0.00000324. The second-order valence-electron chi connectivity index (χ2n) is 5.37. The van der Waals surface area contributed by atoms with E-state index in [1.54, 1.807) is 33.8 Å². The van der Waals surface area contributed by atoms with Gasteiger partial charge in [-0.15, -0.1) is 6.58 Å². The Bertz CT molecular complexity index is 364. The van der Waals surface area contributed by atoms with Crippen molar-refractivity contribution < 1.29 is 20.5 Å². The number of carbonyl (C=O) groups excluding carboxylic acids is 2. The molecule has 104 valence electrons. The molecule has 0 aromatic heterocycles. The molecule has 1 aliphatic rings. The van der Waals surface area contributed by atoms with Gasteiger partial charge in [-0.25, -0.2) is 9.59 Å². The van der Waals surface area contributed by atoms with Crippen LogP contribution in [0.5, 0.6) is 0 Å². The van der Waals surface area contributed by atoms with Gasteiger partial charge in [-0.3, -0.25) is 0 Å². The normalized spacial score (nSPS) is 26.1. The fourth-order valence-corrected chi connectivity index (χ4v) is 1.75. The van der Waals surface area contributed by atoms with Crippen molar-refractivity contribution in [3.05, 3.63) is 12.7 Å². The summed E-state index contributed by atoms with van der Waals surface area (Å²) in [5.74, 6) is -0.523. The van der Waals surface area contributed by atoms with Crippen molar-refractivity contribution in [3.8, 4) is 0 Å². The third kappa shape index (κ3) is 3.24. The highest BCUT2D eigenvalue weighted by Crippen LogP contribution is 2.45. The van der Waals surface area contributed by atoms with Gasteiger partial charge in [0.05, 0.1) is 6.61 Å². The molecule has 0 aromatic rings. The van der Waals surface area contributed by atoms with Gasteiger partial charge < -0.3 is 14.8 Å². The molecule has 1 N–H and O–H groups in total. The predicted molar refractivity (Wildman–Crippen MR) is 69.2 cm³/mol. The van der Waals surface area contributed by atoms with Crippen LogP contribution in [0.4, 0.5) is 4.79 Å². The minimum absolute atomic E-state index is 0. The van der Waals surface area contributed by atoms with Gasteiger partial charge in [-0.2, -0.15) is 0 Å². The number of nitrogens with one attached hydrogen (secondary N) is 1. The monoisotopic (exact) mass is 257 g/mol. The molecule has 0 bridgehead atoms. The van der Waals surface area contributed by atoms with E-state index in [1.807, 2.05) is 0 Å². The van der Waals surface area contributed by atoms with Crippen molar-refractivity contribution in [1.29, 1.82) is 0 Å². The van der Waals surface area contributed by atoms with E-state index in [4.69, 9.17) is 9.47 Å². The van der Waals surface area contributed by atoms with Gasteiger partial charge in [0.1, 0.15) is 11.1 Å². The quantitative estimate of drug-likeness (QED) is 0.620. The largest absolute Gasteiger partial charge is 0.464 e. The molecule has 0 unspecified atom stereocenters. The van der Waals surface area contributed by atoms with E-state index >= 15 is 0 Å². The Morgan fingerprint density at radius 3 is 2.56 bits per heavy atom. The van der Waals surface area contributed by atoms with Crippen LogP contribution in [0.3, 0.4) is 0 Å². The molecular formula is C13H23NO4. The van der Waals surface area contributed by atoms with Crippen molar-refractivity contribution in [1.82, 2.24) is 5.32 Å². The Hall–Kier alpha value is -1.52. The van der Waals surface area contributed by atoms with Crippen molar-refractivity contribution in [2.75, 3.05) is 6.61 Å². The van der Waals surface area contributed by atoms with Gasteiger partial charge in [0.25, 0.3) is 0 Å². The van der Waals surface area contributed by atoms with Crippen molar-refractivity contribution in [2.45, 2.75) is 45.3 Å². The smallest absolute Gasteiger partial charge is 0.408 e. The number of rotatable bonds is 4. The minimum Gasteiger partial charge on any atom is -0.464 e. The zero-order chi connectivity index (χ0) is 14.0. The van der Waals surface area contributed by atoms with Crippen molar-refractivity contribution in [3.63, 3.8) is 0 Å². The zero-order valence-electron chi connectivity index (χ0n) is 11.4. The zero-order valence-corrected chi connectivity index (χ0v) is 11.4. The Morgan fingerprint density at radius 2 is 2.17 bits per heavy atom. The molecule has 0 aliphatic heterocycles. The maximum atomic E-state index is 11.9. The number of hydrogen-bond acceptors (Lipinski definition) is 4. The highest BCUT2D eigenvalue weighted by molar-refractivity contribution is 5.90. The number of esters is 1. The van der Waals surface area contributed by atoms with Gasteiger partial charge in [0.2, 0.25) is 0 Å². The predicted octanol–water partition coefficient (Wildman–Crippen LogP) is 2.26. The Morgan fingerprint density at radius 1 is 1.56 bits per heavy atom. The number of carbonyl (C=O) groups is 2. The topological polar surface area (TPSA) is 64.6 Å². The first-order valence-electron chi connectivity index (χ1n) is 6.06. The van der Waals surface area contributed by atoms with Crippen LogP contribution in [0.2, 0.25) is 0 Å². The molecule has 1 aliphatic carbocycles. The number of alkyl carbamates (subject to hydrolysis) is 1. The van der Waals surface area contributed by atoms with E-state index in [-0.39, 0.29) is 14.0 Å². The molecule has 2 atom stereocenters. The lowest BCUT2D eigenvalue weighted by atomic mass is 10.2. The van der Waals surface area contributed by atoms with E-state index in [0.717, 1.165) is 0 Å². The van der Waals surface area contributed by atoms with Gasteiger partial charge in [-0.1, -0.05) is 6.08 Å². The Kier molecular flexibility index (Phi) is 4.04. The van der Waals surface area contributed by atoms with Crippen LogP contribution in [0, 0.1) is 5.92 Å². The summed E-state index contributed by atoms with van der Waals surface area (Å²) in [6, 6.07) is 0. The first-order chi connectivity index (χ1) is 8.25. The summed E-state index contributed by atoms with van der Waals surface area (Å²) in [6.07, 6.45) is 1.54. The highest BCUT2D eigenvalue weighted by Gasteiger charge is 2.61. The van der Waals surface area contributed by atoms with Crippen LogP contribution in [0.1, 0.15) is 35.5 Å². The third-order valence-electron chi connectivity index (χ3n) is 2.66. The van der Waals surface area contributed by atoms with Crippen LogP contribution >= 0.6 is 0 Å². The molecule has 0 heterocycles. The Labute approximate surface area is 109 Å². The third-order valence-corrected chi connectivity index (χ3v) is 2.66. The second-order valence-corrected chi connectivity index (χ2v) is 5.37. The molecule has 18 heavy (non-hydrogen) atoms. The summed E-state index contributed by atoms with van der Waals surface area (Å²) < 4.78 is 10.1. The van der Waals surface area contributed by atoms with Gasteiger partial charge in [-0.05, 0) is 34.1 Å². The molecule has 0 radical (unpaired) electrons. The maximum Gasteiger partial charge on any atom is 0.408 e. The van der Waals surface area contributed by atoms with Crippen LogP contribution in [0.15, 0.2) is 12.7 Å². The van der Waals surface area contributed by atoms with E-state index in [1.165, 1.54) is 0 Å². The molecule has 1 fully saturated rings. The molecule has 0 saturated heterocycles. The average molecular weight is 257 g/mol. The van der Waals surface area contributed by atoms with Crippen LogP contribution < -0.4 is 5.32 Å². The summed E-state index contributed by atoms with van der Waals surface area (Å²) in [7, 11) is 0. The first kappa shape index (κ1) is 14.5. The SMILES string of the molecule is C=C[C@@H]1C[C@]1(NC(=O)OC(C)(C)C)C(=O)OCC.[HH]. The highest BCUT2D eigenvalue weighted by atomic mass is 16.6. The summed E-state index contributed by atoms with van der Waals surface area (Å²) >= 11 is 0. The second kappa shape index (κ2) is 5.00. The lowest BCUT2D eigenvalue weighted by Gasteiger charge is -2.23. The number of hydrogen-bond donors (Lipinski definition) is 1. The standard InChI is InChI=1S/C13H21NO4.H2/c1-6-9-8-13(9,10(15)17-7-2)14-11(16)18-12(3,4)5;/h6,9H,1,7-8H2,2-5H3,(H,14,16);1H/t9-,13-;/m1./s1. The summed E-state index contributed by atoms with van der Waals surface area (Å²) in [4.78, 5) is 23.6. The molecule has 5 heteroatoms. The molecular weight excluding hydrogens is 234 g/mol. The van der Waals surface area contributed by atoms with E-state index in [2.05, 4.69) is 11.9 Å². The lowest BCUT2D eigenvalue weighted by Crippen LogP contribution is -2.47. The van der Waals surface area contributed by atoms with Crippen molar-refractivity contribution >= 4 is 12.1 Å². The van der Waals surface area contributed by atoms with Crippen molar-refractivity contribution in [2.24, 2.45) is 5.92 Å². The summed E-state index contributed by atoms with van der Waals surface area (Å²) in [5.41, 5.74) is -1.58. The fraction of sp³-hybridized carbons (Fsp3) is 0.692. The molecule has 0 spiro atoms. The summed E-state index contributed by atoms with van der Waals surface area (Å²) in [5, 5.41) is 2.60. The first-order valence-corrected chi connectivity index (χ1v) is 6.06. The van der Waals surface area contributed by atoms with Crippen LogP contribution in [-0.4, -0.2) is 29.8 Å². The average Bonchev–Trinajstić information content (AvgIpc) is 2.90. The molecule has 5 nitrogen and oxygen atoms in total. The van der Waals surface area contributed by atoms with E-state index in [0.29, 0.717) is 6.42 Å². The number of ether oxygens (including phenoxy) is 2. The molecule has 1 amide bonds. The van der Waals surface area contributed by atoms with Gasteiger partial charge in [0.15, 0.2) is 0 Å². The number of amides is 1. The fourth-order valence-electron chi connectivity index (χ4n) is 1.75. The van der Waals surface area contributed by atoms with E-state index < -0.39 is 23.2 Å². The molecule has 1 saturated carbocycles. The maximum absolute atomic E-state index is 11.9. The van der Waals surface area contributed by atoms with E-state index in [9.17, 15) is 9.59 Å². The minimum atomic E-state index is -0.986. The lowest BCUT2D eigenvalue weighted by molar-refractivity contribution is -0.147. The molecule has 1 rings (SSSR count). The van der Waals surface area contributed by atoms with Gasteiger partial charge >= 0.3 is 12.1 Å². The van der Waals surface area contributed by atoms with Crippen LogP contribution in [-0.2, 0) is 14.3 Å². The van der Waals surface area contributed by atoms with Crippen LogP contribution in [0.25, 0.3) is 0 Å². The molecule has 0 aromatic carbocycles. The summed E-state index contributed by atoms with van der Waals surface area (Å²) in [6.45, 7) is 10.9. The van der Waals surface area contributed by atoms with Gasteiger partial charge in [0, 0.05) is 7.34 Å².